The molecule has 0 unspecified atom stereocenters. The van der Waals surface area contributed by atoms with Crippen LogP contribution >= 0.6 is 17.2 Å². The third-order valence-electron chi connectivity index (χ3n) is 4.14. The van der Waals surface area contributed by atoms with E-state index in [1.165, 1.54) is 83.5 Å². The molecule has 0 aromatic heterocycles. The lowest BCUT2D eigenvalue weighted by Gasteiger charge is -2.03. The van der Waals surface area contributed by atoms with Gasteiger partial charge in [0.1, 0.15) is 0 Å². The number of rotatable bonds is 18. The highest BCUT2D eigenvalue weighted by molar-refractivity contribution is 7.53. The van der Waals surface area contributed by atoms with Crippen molar-refractivity contribution in [1.82, 2.24) is 0 Å². The number of hydrogen-bond donors (Lipinski definition) is 5. The minimum atomic E-state index is -2.61. The van der Waals surface area contributed by atoms with Crippen molar-refractivity contribution >= 4 is 23.2 Å². The molecule has 9 heteroatoms. The monoisotopic (exact) mass is 430 g/mol. The number of carboxylic acid groups (broad SMARTS) is 1. The van der Waals surface area contributed by atoms with Crippen LogP contribution in [0, 0.1) is 0 Å². The lowest BCUT2D eigenvalue weighted by atomic mass is 10.0. The zero-order chi connectivity index (χ0) is 20.8. The summed E-state index contributed by atoms with van der Waals surface area (Å²) in [6, 6.07) is 0. The Labute approximate surface area is 167 Å². The maximum Gasteiger partial charge on any atom is 0.334 e. The molecule has 0 amide bonds. The Morgan fingerprint density at radius 1 is 0.630 bits per heavy atom. The van der Waals surface area contributed by atoms with E-state index in [1.807, 2.05) is 0 Å². The van der Waals surface area contributed by atoms with Gasteiger partial charge in [0.15, 0.2) is 0 Å². The van der Waals surface area contributed by atoms with Crippen molar-refractivity contribution < 1.29 is 33.8 Å². The van der Waals surface area contributed by atoms with Crippen LogP contribution in [0.15, 0.2) is 0 Å². The first-order valence-corrected chi connectivity index (χ1v) is 12.5. The minimum Gasteiger partial charge on any atom is -0.481 e. The van der Waals surface area contributed by atoms with Gasteiger partial charge in [0.05, 0.1) is 0 Å². The Hall–Kier alpha value is 0.130. The van der Waals surface area contributed by atoms with E-state index in [0.717, 1.165) is 12.8 Å². The molecule has 0 radical (unpaired) electrons. The second-order valence-corrected chi connectivity index (χ2v) is 8.34. The zero-order valence-corrected chi connectivity index (χ0v) is 18.5. The summed E-state index contributed by atoms with van der Waals surface area (Å²) in [5, 5.41) is 8.52. The highest BCUT2D eigenvalue weighted by atomic mass is 31.2. The van der Waals surface area contributed by atoms with Crippen molar-refractivity contribution in [2.75, 3.05) is 0 Å². The molecular weight excluding hydrogens is 390 g/mol. The Kier molecular flexibility index (Phi) is 26.3. The molecule has 0 rings (SSSR count). The summed E-state index contributed by atoms with van der Waals surface area (Å²) < 4.78 is 3.60. The topological polar surface area (TPSA) is 127 Å². The Bertz CT molecular complexity index is 299. The number of hydrogen-bond acceptors (Lipinski definition) is 6. The maximum absolute atomic E-state index is 10.3. The van der Waals surface area contributed by atoms with Crippen molar-refractivity contribution in [3.63, 3.8) is 0 Å². The molecule has 0 aliphatic carbocycles. The molecule has 0 heterocycles. The first-order valence-electron chi connectivity index (χ1n) is 10.2. The van der Waals surface area contributed by atoms with Crippen LogP contribution in [-0.2, 0) is 9.11 Å². The molecule has 0 atom stereocenters. The van der Waals surface area contributed by atoms with Crippen molar-refractivity contribution in [3.8, 4) is 0 Å². The fraction of sp³-hybridized carbons (Fsp3) is 0.944. The van der Waals surface area contributed by atoms with Gasteiger partial charge in [-0.25, -0.2) is 4.31 Å². The second-order valence-electron chi connectivity index (χ2n) is 6.68. The van der Waals surface area contributed by atoms with E-state index >= 15 is 0 Å². The fourth-order valence-corrected chi connectivity index (χ4v) is 3.24. The number of aliphatic carboxylic acids is 1. The van der Waals surface area contributed by atoms with Gasteiger partial charge in [0.25, 0.3) is 0 Å². The highest BCUT2D eigenvalue weighted by Crippen LogP contribution is 2.41. The Morgan fingerprint density at radius 3 is 1.15 bits per heavy atom. The molecule has 5 N–H and O–H groups in total. The van der Waals surface area contributed by atoms with Crippen molar-refractivity contribution in [1.29, 1.82) is 0 Å². The molecule has 0 aliphatic heterocycles. The predicted octanol–water partition coefficient (Wildman–Crippen LogP) is 5.76. The number of carbonyl (C=O) groups is 1. The first-order chi connectivity index (χ1) is 12.9. The largest absolute Gasteiger partial charge is 0.481 e. The fourth-order valence-electron chi connectivity index (χ4n) is 2.71. The third kappa shape index (κ3) is 34.1. The molecule has 27 heavy (non-hydrogen) atoms. The van der Waals surface area contributed by atoms with Crippen LogP contribution in [0.5, 0.6) is 0 Å². The van der Waals surface area contributed by atoms with Crippen LogP contribution in [0.1, 0.15) is 110 Å². The summed E-state index contributed by atoms with van der Waals surface area (Å²) in [6.45, 7) is 2.27. The molecule has 0 spiro atoms. The number of carboxylic acids is 1. The van der Waals surface area contributed by atoms with Gasteiger partial charge in [-0.15, -0.1) is 0 Å². The van der Waals surface area contributed by atoms with E-state index < -0.39 is 23.2 Å². The predicted molar refractivity (Wildman–Crippen MR) is 111 cm³/mol. The average molecular weight is 430 g/mol. The van der Waals surface area contributed by atoms with Crippen LogP contribution in [0.2, 0.25) is 0 Å². The molecule has 0 saturated carbocycles. The standard InChI is InChI=1S/C18H36O2.H4O5P2/c1-2-3-4-5-6-7-8-9-10-11-12-13-14-15-16-17-18(19)20;1-6(2)5-7(3)4/h2-17H2,1H3,(H,19,20);1-4H. The lowest BCUT2D eigenvalue weighted by molar-refractivity contribution is -0.137. The maximum atomic E-state index is 10.3. The van der Waals surface area contributed by atoms with Gasteiger partial charge >= 0.3 is 23.2 Å². The van der Waals surface area contributed by atoms with E-state index in [1.54, 1.807) is 0 Å². The average Bonchev–Trinajstić information content (AvgIpc) is 2.57. The van der Waals surface area contributed by atoms with Gasteiger partial charge in [-0.1, -0.05) is 96.8 Å². The van der Waals surface area contributed by atoms with Gasteiger partial charge in [-0.05, 0) is 6.42 Å². The molecular formula is C18H40O7P2. The smallest absolute Gasteiger partial charge is 0.334 e. The van der Waals surface area contributed by atoms with Gasteiger partial charge in [0.2, 0.25) is 0 Å². The molecule has 0 bridgehead atoms. The van der Waals surface area contributed by atoms with Crippen LogP contribution in [-0.4, -0.2) is 30.6 Å². The summed E-state index contributed by atoms with van der Waals surface area (Å²) in [5.41, 5.74) is 0. The van der Waals surface area contributed by atoms with Crippen LogP contribution < -0.4 is 0 Å². The lowest BCUT2D eigenvalue weighted by Crippen LogP contribution is -1.93. The normalized spacial score (nSPS) is 10.9. The van der Waals surface area contributed by atoms with Crippen LogP contribution in [0.25, 0.3) is 0 Å². The van der Waals surface area contributed by atoms with Gasteiger partial charge < -0.3 is 24.7 Å². The molecule has 0 aromatic carbocycles. The second kappa shape index (κ2) is 24.2. The summed E-state index contributed by atoms with van der Waals surface area (Å²) in [6.07, 6.45) is 20.2. The molecule has 164 valence electrons. The Balaban J connectivity index is 0. The van der Waals surface area contributed by atoms with Crippen LogP contribution in [0.4, 0.5) is 0 Å². The van der Waals surface area contributed by atoms with Gasteiger partial charge in [-0.2, -0.15) is 0 Å². The first kappa shape index (κ1) is 29.3. The SMILES string of the molecule is CCCCCCCCCCCCCCCCCC(=O)O.OP(O)OP(O)O. The summed E-state index contributed by atoms with van der Waals surface area (Å²) >= 11 is 0. The van der Waals surface area contributed by atoms with Crippen molar-refractivity contribution in [3.05, 3.63) is 0 Å². The van der Waals surface area contributed by atoms with E-state index in [-0.39, 0.29) is 0 Å². The Morgan fingerprint density at radius 2 is 0.926 bits per heavy atom. The molecule has 0 fully saturated rings. The van der Waals surface area contributed by atoms with E-state index in [2.05, 4.69) is 11.2 Å². The van der Waals surface area contributed by atoms with E-state index in [4.69, 9.17) is 24.7 Å². The summed E-state index contributed by atoms with van der Waals surface area (Å²) in [5.74, 6) is -0.653. The van der Waals surface area contributed by atoms with E-state index in [0.29, 0.717) is 6.42 Å². The summed E-state index contributed by atoms with van der Waals surface area (Å²) in [4.78, 5) is 41.6. The zero-order valence-electron chi connectivity index (χ0n) is 16.8. The van der Waals surface area contributed by atoms with E-state index in [9.17, 15) is 4.79 Å². The van der Waals surface area contributed by atoms with Crippen molar-refractivity contribution in [2.45, 2.75) is 110 Å². The molecule has 0 aromatic rings. The number of unbranched alkanes of at least 4 members (excludes halogenated alkanes) is 14. The minimum absolute atomic E-state index is 0.345. The summed E-state index contributed by atoms with van der Waals surface area (Å²) in [7, 11) is -5.22. The van der Waals surface area contributed by atoms with Crippen LogP contribution in [0.3, 0.4) is 0 Å². The molecule has 0 saturated heterocycles. The van der Waals surface area contributed by atoms with Crippen molar-refractivity contribution in [2.24, 2.45) is 0 Å². The molecule has 0 aliphatic rings. The van der Waals surface area contributed by atoms with Gasteiger partial charge in [0, 0.05) is 6.42 Å². The highest BCUT2D eigenvalue weighted by Gasteiger charge is 2.05. The molecule has 7 nitrogen and oxygen atoms in total. The third-order valence-corrected chi connectivity index (χ3v) is 5.31. The van der Waals surface area contributed by atoms with Gasteiger partial charge in [-0.3, -0.25) is 4.79 Å². The quantitative estimate of drug-likeness (QED) is 0.138.